The molecular weight excluding hydrogens is 447 g/mol. The molecule has 1 fully saturated rings. The molecule has 8 heteroatoms. The van der Waals surface area contributed by atoms with Gasteiger partial charge in [0.15, 0.2) is 0 Å². The molecule has 2 N–H and O–H groups in total. The van der Waals surface area contributed by atoms with Gasteiger partial charge in [0.25, 0.3) is 0 Å². The van der Waals surface area contributed by atoms with E-state index in [2.05, 4.69) is 20.5 Å². The van der Waals surface area contributed by atoms with Gasteiger partial charge in [-0.1, -0.05) is 12.1 Å². The fraction of sp³-hybridized carbons (Fsp3) is 0.444. The standard InChI is InChI=1S/C27H31FN4O3/c1-27(26(34)35-29)11-8-18(9-12-27)15-24(33)31-14-10-21-22-3-2-13-30-25(22)32(23(21)17-31)16-19-4-6-20(28)7-5-19/h2-7,13,18H,8-12,14-17,29H2,1H3. The molecule has 5 rings (SSSR count). The molecule has 0 radical (unpaired) electrons. The first kappa shape index (κ1) is 23.5. The summed E-state index contributed by atoms with van der Waals surface area (Å²) in [5.41, 5.74) is 3.68. The smallest absolute Gasteiger partial charge is 0.330 e. The van der Waals surface area contributed by atoms with Crippen LogP contribution in [0.4, 0.5) is 4.39 Å². The summed E-state index contributed by atoms with van der Waals surface area (Å²) in [6.07, 6.45) is 6.04. The maximum atomic E-state index is 13.4. The van der Waals surface area contributed by atoms with Gasteiger partial charge in [0.2, 0.25) is 5.91 Å². The molecule has 0 saturated heterocycles. The normalized spacial score (nSPS) is 22.1. The molecule has 7 nitrogen and oxygen atoms in total. The average molecular weight is 479 g/mol. The molecule has 1 aliphatic heterocycles. The van der Waals surface area contributed by atoms with Gasteiger partial charge in [0.1, 0.15) is 11.5 Å². The van der Waals surface area contributed by atoms with Crippen LogP contribution in [0.3, 0.4) is 0 Å². The SMILES string of the molecule is CC1(C(=O)ON)CCC(CC(=O)N2CCc3c(n(Cc4ccc(F)cc4)c4ncccc34)C2)CC1. The van der Waals surface area contributed by atoms with E-state index in [0.717, 1.165) is 41.6 Å². The van der Waals surface area contributed by atoms with E-state index in [9.17, 15) is 14.0 Å². The summed E-state index contributed by atoms with van der Waals surface area (Å²) in [4.78, 5) is 36.4. The van der Waals surface area contributed by atoms with E-state index >= 15 is 0 Å². The van der Waals surface area contributed by atoms with Crippen LogP contribution in [0.15, 0.2) is 42.6 Å². The first-order valence-electron chi connectivity index (χ1n) is 12.3. The molecule has 0 atom stereocenters. The number of nitrogens with two attached hydrogens (primary N) is 1. The highest BCUT2D eigenvalue weighted by molar-refractivity contribution is 5.84. The van der Waals surface area contributed by atoms with E-state index in [4.69, 9.17) is 5.90 Å². The number of fused-ring (bicyclic) bond motifs is 3. The molecule has 3 aromatic rings. The van der Waals surface area contributed by atoms with Crippen molar-refractivity contribution in [1.29, 1.82) is 0 Å². The zero-order valence-corrected chi connectivity index (χ0v) is 20.0. The Morgan fingerprint density at radius 2 is 1.94 bits per heavy atom. The monoisotopic (exact) mass is 478 g/mol. The van der Waals surface area contributed by atoms with Gasteiger partial charge in [-0.05, 0) is 80.3 Å². The lowest BCUT2D eigenvalue weighted by atomic mass is 9.71. The van der Waals surface area contributed by atoms with E-state index in [1.54, 1.807) is 18.3 Å². The summed E-state index contributed by atoms with van der Waals surface area (Å²) in [6, 6.07) is 10.6. The van der Waals surface area contributed by atoms with Crippen molar-refractivity contribution in [3.05, 3.63) is 65.2 Å². The number of aromatic nitrogens is 2. The Hall–Kier alpha value is -3.26. The number of halogens is 1. The minimum absolute atomic E-state index is 0.150. The number of hydrogen-bond acceptors (Lipinski definition) is 5. The number of carbonyl (C=O) groups excluding carboxylic acids is 2. The van der Waals surface area contributed by atoms with Crippen molar-refractivity contribution in [2.24, 2.45) is 17.2 Å². The van der Waals surface area contributed by atoms with Crippen molar-refractivity contribution in [3.63, 3.8) is 0 Å². The van der Waals surface area contributed by atoms with Gasteiger partial charge in [0.05, 0.1) is 12.0 Å². The number of benzene rings is 1. The van der Waals surface area contributed by atoms with E-state index in [0.29, 0.717) is 38.9 Å². The van der Waals surface area contributed by atoms with Crippen LogP contribution in [0, 0.1) is 17.2 Å². The predicted octanol–water partition coefficient (Wildman–Crippen LogP) is 4.11. The molecule has 1 amide bonds. The van der Waals surface area contributed by atoms with Crippen molar-refractivity contribution in [2.75, 3.05) is 6.54 Å². The molecule has 1 saturated carbocycles. The molecule has 2 aliphatic rings. The van der Waals surface area contributed by atoms with Crippen LogP contribution in [0.1, 0.15) is 55.8 Å². The van der Waals surface area contributed by atoms with Crippen molar-refractivity contribution >= 4 is 22.9 Å². The Labute approximate surface area is 204 Å². The van der Waals surface area contributed by atoms with Crippen LogP contribution in [0.2, 0.25) is 0 Å². The summed E-state index contributed by atoms with van der Waals surface area (Å²) >= 11 is 0. The third-order valence-electron chi connectivity index (χ3n) is 7.89. The van der Waals surface area contributed by atoms with E-state index in [-0.39, 0.29) is 23.6 Å². The number of nitrogens with zero attached hydrogens (tertiary/aromatic N) is 3. The van der Waals surface area contributed by atoms with Crippen molar-refractivity contribution in [3.8, 4) is 0 Å². The van der Waals surface area contributed by atoms with Crippen molar-refractivity contribution < 1.29 is 18.8 Å². The Balaban J connectivity index is 1.32. The number of rotatable bonds is 5. The molecular formula is C27H31FN4O3. The molecule has 1 aliphatic carbocycles. The van der Waals surface area contributed by atoms with Gasteiger partial charge in [-0.15, -0.1) is 0 Å². The van der Waals surface area contributed by atoms with Crippen molar-refractivity contribution in [2.45, 2.75) is 58.5 Å². The van der Waals surface area contributed by atoms with E-state index in [1.165, 1.54) is 17.7 Å². The van der Waals surface area contributed by atoms with Gasteiger partial charge >= 0.3 is 5.97 Å². The second kappa shape index (κ2) is 9.41. The van der Waals surface area contributed by atoms with Gasteiger partial charge in [-0.25, -0.2) is 14.2 Å². The fourth-order valence-corrected chi connectivity index (χ4v) is 5.66. The lowest BCUT2D eigenvalue weighted by Gasteiger charge is -2.35. The zero-order chi connectivity index (χ0) is 24.6. The fourth-order valence-electron chi connectivity index (χ4n) is 5.66. The predicted molar refractivity (Wildman–Crippen MR) is 129 cm³/mol. The topological polar surface area (TPSA) is 90.5 Å². The third kappa shape index (κ3) is 4.55. The molecule has 184 valence electrons. The van der Waals surface area contributed by atoms with Gasteiger partial charge in [0, 0.05) is 36.8 Å². The summed E-state index contributed by atoms with van der Waals surface area (Å²) < 4.78 is 15.6. The highest BCUT2D eigenvalue weighted by atomic mass is 19.1. The Morgan fingerprint density at radius 1 is 1.20 bits per heavy atom. The second-order valence-corrected chi connectivity index (χ2v) is 10.2. The van der Waals surface area contributed by atoms with Crippen LogP contribution in [-0.4, -0.2) is 32.9 Å². The first-order chi connectivity index (χ1) is 16.9. The molecule has 2 aromatic heterocycles. The maximum Gasteiger partial charge on any atom is 0.330 e. The minimum Gasteiger partial charge on any atom is -0.373 e. The number of carbonyl (C=O) groups is 2. The van der Waals surface area contributed by atoms with Gasteiger partial charge < -0.3 is 14.3 Å². The number of pyridine rings is 1. The Morgan fingerprint density at radius 3 is 2.66 bits per heavy atom. The molecule has 3 heterocycles. The van der Waals surface area contributed by atoms with E-state index < -0.39 is 5.41 Å². The van der Waals surface area contributed by atoms with Crippen LogP contribution in [-0.2, 0) is 33.9 Å². The lowest BCUT2D eigenvalue weighted by molar-refractivity contribution is -0.158. The Bertz CT molecular complexity index is 1250. The van der Waals surface area contributed by atoms with Crippen LogP contribution >= 0.6 is 0 Å². The lowest BCUT2D eigenvalue weighted by Crippen LogP contribution is -2.39. The summed E-state index contributed by atoms with van der Waals surface area (Å²) in [6.45, 7) is 3.68. The highest BCUT2D eigenvalue weighted by Gasteiger charge is 2.39. The number of amides is 1. The molecule has 0 unspecified atom stereocenters. The maximum absolute atomic E-state index is 13.4. The van der Waals surface area contributed by atoms with Crippen LogP contribution in [0.5, 0.6) is 0 Å². The number of hydrogen-bond donors (Lipinski definition) is 1. The molecule has 0 bridgehead atoms. The van der Waals surface area contributed by atoms with E-state index in [1.807, 2.05) is 17.9 Å². The van der Waals surface area contributed by atoms with Crippen LogP contribution in [0.25, 0.3) is 11.0 Å². The Kier molecular flexibility index (Phi) is 6.32. The molecule has 1 aromatic carbocycles. The second-order valence-electron chi connectivity index (χ2n) is 10.2. The average Bonchev–Trinajstić information content (AvgIpc) is 3.19. The van der Waals surface area contributed by atoms with Gasteiger partial charge in [-0.3, -0.25) is 4.79 Å². The quantitative estimate of drug-likeness (QED) is 0.558. The largest absolute Gasteiger partial charge is 0.373 e. The van der Waals surface area contributed by atoms with Crippen molar-refractivity contribution in [1.82, 2.24) is 14.5 Å². The van der Waals surface area contributed by atoms with Crippen LogP contribution < -0.4 is 5.90 Å². The molecule has 0 spiro atoms. The van der Waals surface area contributed by atoms with Gasteiger partial charge in [-0.2, -0.15) is 5.90 Å². The molecule has 35 heavy (non-hydrogen) atoms. The summed E-state index contributed by atoms with van der Waals surface area (Å²) in [5.74, 6) is 4.89. The summed E-state index contributed by atoms with van der Waals surface area (Å²) in [7, 11) is 0. The summed E-state index contributed by atoms with van der Waals surface area (Å²) in [5, 5.41) is 1.12. The zero-order valence-electron chi connectivity index (χ0n) is 20.0. The first-order valence-corrected chi connectivity index (χ1v) is 12.3. The third-order valence-corrected chi connectivity index (χ3v) is 7.89. The minimum atomic E-state index is -0.553. The highest BCUT2D eigenvalue weighted by Crippen LogP contribution is 2.41.